The van der Waals surface area contributed by atoms with Gasteiger partial charge in [-0.15, -0.1) is 0 Å². The summed E-state index contributed by atoms with van der Waals surface area (Å²) in [5.41, 5.74) is 0. The molecule has 5 nitrogen and oxygen atoms in total. The predicted octanol–water partition coefficient (Wildman–Crippen LogP) is 2.35. The van der Waals surface area contributed by atoms with Crippen LogP contribution in [-0.2, 0) is 4.79 Å². The molecule has 1 aromatic carbocycles. The number of aliphatic carboxylic acids is 1. The molecule has 0 bridgehead atoms. The van der Waals surface area contributed by atoms with Crippen LogP contribution in [0.3, 0.4) is 0 Å². The number of amides is 1. The first kappa shape index (κ1) is 13.5. The van der Waals surface area contributed by atoms with E-state index >= 15 is 0 Å². The number of carboxylic acids is 1. The van der Waals surface area contributed by atoms with Crippen molar-refractivity contribution < 1.29 is 19.4 Å². The smallest absolute Gasteiger partial charge is 0.415 e. The maximum atomic E-state index is 11.6. The second kappa shape index (κ2) is 6.24. The van der Waals surface area contributed by atoms with E-state index in [0.717, 1.165) is 0 Å². The molecule has 0 heterocycles. The summed E-state index contributed by atoms with van der Waals surface area (Å²) in [5, 5.41) is 8.49. The number of carboxylic acid groups (broad SMARTS) is 1. The van der Waals surface area contributed by atoms with E-state index in [1.807, 2.05) is 0 Å². The van der Waals surface area contributed by atoms with Crippen LogP contribution in [0, 0.1) is 0 Å². The summed E-state index contributed by atoms with van der Waals surface area (Å²) in [5.74, 6) is -0.551. The highest BCUT2D eigenvalue weighted by atomic mass is 79.9. The zero-order chi connectivity index (χ0) is 12.8. The molecule has 0 aromatic heterocycles. The Kier molecular flexibility index (Phi) is 4.96. The first-order valence-corrected chi connectivity index (χ1v) is 5.69. The van der Waals surface area contributed by atoms with E-state index < -0.39 is 12.1 Å². The van der Waals surface area contributed by atoms with E-state index in [4.69, 9.17) is 9.84 Å². The van der Waals surface area contributed by atoms with Gasteiger partial charge >= 0.3 is 12.1 Å². The maximum Gasteiger partial charge on any atom is 0.415 e. The van der Waals surface area contributed by atoms with Crippen LogP contribution >= 0.6 is 15.9 Å². The third-order valence-corrected chi connectivity index (χ3v) is 2.66. The lowest BCUT2D eigenvalue weighted by Crippen LogP contribution is -2.31. The lowest BCUT2D eigenvalue weighted by atomic mass is 10.3. The van der Waals surface area contributed by atoms with Crippen LogP contribution in [0.5, 0.6) is 5.75 Å². The molecule has 0 spiro atoms. The van der Waals surface area contributed by atoms with E-state index in [2.05, 4.69) is 15.9 Å². The Labute approximate surface area is 107 Å². The second-order valence-electron chi connectivity index (χ2n) is 3.36. The molecular weight excluding hydrogens is 290 g/mol. The third-order valence-electron chi connectivity index (χ3n) is 2.01. The van der Waals surface area contributed by atoms with E-state index in [0.29, 0.717) is 10.2 Å². The maximum absolute atomic E-state index is 11.6. The summed E-state index contributed by atoms with van der Waals surface area (Å²) in [6.45, 7) is 0.110. The van der Waals surface area contributed by atoms with Crippen molar-refractivity contribution in [3.8, 4) is 5.75 Å². The van der Waals surface area contributed by atoms with Gasteiger partial charge in [0, 0.05) is 13.6 Å². The van der Waals surface area contributed by atoms with Gasteiger partial charge in [0.1, 0.15) is 5.75 Å². The Morgan fingerprint density at radius 2 is 2.06 bits per heavy atom. The van der Waals surface area contributed by atoms with Gasteiger partial charge < -0.3 is 14.7 Å². The zero-order valence-electron chi connectivity index (χ0n) is 9.22. The molecule has 0 radical (unpaired) electrons. The van der Waals surface area contributed by atoms with Gasteiger partial charge in [0.2, 0.25) is 0 Å². The van der Waals surface area contributed by atoms with Gasteiger partial charge in [-0.2, -0.15) is 0 Å². The average molecular weight is 302 g/mol. The highest BCUT2D eigenvalue weighted by Gasteiger charge is 2.13. The largest absolute Gasteiger partial charge is 0.481 e. The van der Waals surface area contributed by atoms with Crippen molar-refractivity contribution in [3.63, 3.8) is 0 Å². The fraction of sp³-hybridized carbons (Fsp3) is 0.273. The van der Waals surface area contributed by atoms with Crippen molar-refractivity contribution in [1.82, 2.24) is 4.90 Å². The molecule has 17 heavy (non-hydrogen) atoms. The Morgan fingerprint density at radius 1 is 1.41 bits per heavy atom. The van der Waals surface area contributed by atoms with Gasteiger partial charge in [-0.1, -0.05) is 12.1 Å². The van der Waals surface area contributed by atoms with Crippen molar-refractivity contribution in [2.75, 3.05) is 13.6 Å². The van der Waals surface area contributed by atoms with Crippen LogP contribution < -0.4 is 4.74 Å². The van der Waals surface area contributed by atoms with Crippen LogP contribution in [0.15, 0.2) is 28.7 Å². The Balaban J connectivity index is 2.54. The molecule has 0 atom stereocenters. The first-order valence-electron chi connectivity index (χ1n) is 4.90. The molecule has 0 saturated carbocycles. The summed E-state index contributed by atoms with van der Waals surface area (Å²) >= 11 is 3.25. The standard InChI is InChI=1S/C11H12BrNO4/c1-13(7-6-10(14)15)11(16)17-9-5-3-2-4-8(9)12/h2-5H,6-7H2,1H3,(H,14,15). The minimum atomic E-state index is -0.953. The summed E-state index contributed by atoms with van der Waals surface area (Å²) in [7, 11) is 1.49. The molecule has 0 aliphatic heterocycles. The number of ether oxygens (including phenoxy) is 1. The number of rotatable bonds is 4. The third kappa shape index (κ3) is 4.44. The molecule has 1 N–H and O–H groups in total. The van der Waals surface area contributed by atoms with Gasteiger partial charge in [-0.25, -0.2) is 4.79 Å². The number of halogens is 1. The van der Waals surface area contributed by atoms with E-state index in [9.17, 15) is 9.59 Å². The Hall–Kier alpha value is -1.56. The molecule has 0 fully saturated rings. The quantitative estimate of drug-likeness (QED) is 0.927. The fourth-order valence-corrected chi connectivity index (χ4v) is 1.42. The molecule has 0 aliphatic carbocycles. The summed E-state index contributed by atoms with van der Waals surface area (Å²) < 4.78 is 5.75. The molecule has 92 valence electrons. The van der Waals surface area contributed by atoms with Gasteiger partial charge in [0.25, 0.3) is 0 Å². The van der Waals surface area contributed by atoms with Crippen molar-refractivity contribution >= 4 is 28.0 Å². The molecule has 0 aliphatic rings. The molecule has 1 rings (SSSR count). The number of para-hydroxylation sites is 1. The highest BCUT2D eigenvalue weighted by Crippen LogP contribution is 2.24. The summed E-state index contributed by atoms with van der Waals surface area (Å²) in [6, 6.07) is 6.94. The Morgan fingerprint density at radius 3 is 2.65 bits per heavy atom. The molecule has 0 unspecified atom stereocenters. The molecule has 6 heteroatoms. The van der Waals surface area contributed by atoms with E-state index in [-0.39, 0.29) is 13.0 Å². The molecule has 0 saturated heterocycles. The summed E-state index contributed by atoms with van der Waals surface area (Å²) in [6.07, 6.45) is -0.695. The zero-order valence-corrected chi connectivity index (χ0v) is 10.8. The van der Waals surface area contributed by atoms with Gasteiger partial charge in [-0.3, -0.25) is 4.79 Å². The Bertz CT molecular complexity index is 422. The molecule has 1 aromatic rings. The van der Waals surface area contributed by atoms with Gasteiger partial charge in [0.15, 0.2) is 0 Å². The number of carbonyl (C=O) groups is 2. The van der Waals surface area contributed by atoms with Gasteiger partial charge in [0.05, 0.1) is 10.9 Å². The minimum absolute atomic E-state index is 0.110. The minimum Gasteiger partial charge on any atom is -0.481 e. The number of carbonyl (C=O) groups excluding carboxylic acids is 1. The van der Waals surface area contributed by atoms with Crippen molar-refractivity contribution in [2.45, 2.75) is 6.42 Å². The van der Waals surface area contributed by atoms with Crippen LogP contribution in [0.25, 0.3) is 0 Å². The van der Waals surface area contributed by atoms with Crippen LogP contribution in [-0.4, -0.2) is 35.7 Å². The SMILES string of the molecule is CN(CCC(=O)O)C(=O)Oc1ccccc1Br. The van der Waals surface area contributed by atoms with Crippen molar-refractivity contribution in [1.29, 1.82) is 0 Å². The highest BCUT2D eigenvalue weighted by molar-refractivity contribution is 9.10. The fourth-order valence-electron chi connectivity index (χ4n) is 1.05. The van der Waals surface area contributed by atoms with Crippen LogP contribution in [0.2, 0.25) is 0 Å². The van der Waals surface area contributed by atoms with E-state index in [1.54, 1.807) is 24.3 Å². The number of benzene rings is 1. The van der Waals surface area contributed by atoms with Gasteiger partial charge in [-0.05, 0) is 28.1 Å². The average Bonchev–Trinajstić information content (AvgIpc) is 2.28. The monoisotopic (exact) mass is 301 g/mol. The molecule has 1 amide bonds. The summed E-state index contributed by atoms with van der Waals surface area (Å²) in [4.78, 5) is 23.1. The number of hydrogen-bond acceptors (Lipinski definition) is 3. The van der Waals surface area contributed by atoms with E-state index in [1.165, 1.54) is 11.9 Å². The van der Waals surface area contributed by atoms with Crippen molar-refractivity contribution in [3.05, 3.63) is 28.7 Å². The topological polar surface area (TPSA) is 66.8 Å². The molecular formula is C11H12BrNO4. The van der Waals surface area contributed by atoms with Crippen molar-refractivity contribution in [2.24, 2.45) is 0 Å². The number of nitrogens with zero attached hydrogens (tertiary/aromatic N) is 1. The lowest BCUT2D eigenvalue weighted by Gasteiger charge is -2.16. The first-order chi connectivity index (χ1) is 8.00. The van der Waals surface area contributed by atoms with Crippen LogP contribution in [0.4, 0.5) is 4.79 Å². The lowest BCUT2D eigenvalue weighted by molar-refractivity contribution is -0.137. The van der Waals surface area contributed by atoms with Crippen LogP contribution in [0.1, 0.15) is 6.42 Å². The number of hydrogen-bond donors (Lipinski definition) is 1. The normalized spacial score (nSPS) is 9.76. The second-order valence-corrected chi connectivity index (χ2v) is 4.22. The predicted molar refractivity (Wildman–Crippen MR) is 65.0 cm³/mol.